The highest BCUT2D eigenvalue weighted by molar-refractivity contribution is 8.18. The highest BCUT2D eigenvalue weighted by atomic mass is 32.2. The fourth-order valence-corrected chi connectivity index (χ4v) is 4.30. The number of thioether (sulfide) groups is 1. The van der Waals surface area contributed by atoms with E-state index in [4.69, 9.17) is 4.74 Å². The van der Waals surface area contributed by atoms with E-state index in [9.17, 15) is 24.0 Å². The summed E-state index contributed by atoms with van der Waals surface area (Å²) in [6, 6.07) is 13.4. The number of carbonyl (C=O) groups is 5. The van der Waals surface area contributed by atoms with Gasteiger partial charge in [-0.25, -0.2) is 0 Å². The quantitative estimate of drug-likeness (QED) is 0.492. The average Bonchev–Trinajstić information content (AvgIpc) is 3.22. The Morgan fingerprint density at radius 3 is 2.18 bits per heavy atom. The molecule has 4 rings (SSSR count). The number of fused-ring (bicyclic) bond motifs is 1. The van der Waals surface area contributed by atoms with Gasteiger partial charge in [0.05, 0.1) is 23.1 Å². The topological polar surface area (TPSA) is 113 Å². The summed E-state index contributed by atoms with van der Waals surface area (Å²) in [5.41, 5.74) is 1.27. The van der Waals surface area contributed by atoms with Gasteiger partial charge in [-0.1, -0.05) is 24.3 Å². The fraction of sp³-hybridized carbons (Fsp3) is 0.174. The first-order valence-corrected chi connectivity index (χ1v) is 10.8. The van der Waals surface area contributed by atoms with Crippen LogP contribution in [-0.2, 0) is 9.59 Å². The number of methoxy groups -OCH3 is 1. The van der Waals surface area contributed by atoms with E-state index in [0.717, 1.165) is 27.1 Å². The molecule has 0 bridgehead atoms. The Hall–Kier alpha value is -3.92. The lowest BCUT2D eigenvalue weighted by Crippen LogP contribution is -2.43. The molecule has 2 aliphatic rings. The third-order valence-corrected chi connectivity index (χ3v) is 6.03. The molecule has 0 aliphatic carbocycles. The number of ether oxygens (including phenoxy) is 1. The molecule has 2 aromatic rings. The van der Waals surface area contributed by atoms with Crippen LogP contribution in [-0.4, -0.2) is 65.4 Å². The Labute approximate surface area is 193 Å². The molecule has 5 amide bonds. The molecule has 10 heteroatoms. The first-order chi connectivity index (χ1) is 15.9. The predicted octanol–water partition coefficient (Wildman–Crippen LogP) is 2.14. The molecule has 1 saturated heterocycles. The molecular formula is C23H19N3O6S. The van der Waals surface area contributed by atoms with Gasteiger partial charge in [0.1, 0.15) is 12.3 Å². The van der Waals surface area contributed by atoms with Gasteiger partial charge in [0, 0.05) is 13.1 Å². The van der Waals surface area contributed by atoms with E-state index in [1.165, 1.54) is 12.1 Å². The third kappa shape index (κ3) is 4.51. The van der Waals surface area contributed by atoms with Crippen molar-refractivity contribution < 1.29 is 28.7 Å². The molecule has 2 heterocycles. The van der Waals surface area contributed by atoms with Crippen LogP contribution in [0.4, 0.5) is 4.79 Å². The van der Waals surface area contributed by atoms with Crippen LogP contribution < -0.4 is 10.1 Å². The van der Waals surface area contributed by atoms with Crippen LogP contribution in [0.3, 0.4) is 0 Å². The smallest absolute Gasteiger partial charge is 0.293 e. The van der Waals surface area contributed by atoms with Gasteiger partial charge in [0.25, 0.3) is 23.0 Å². The van der Waals surface area contributed by atoms with Crippen molar-refractivity contribution in [3.05, 3.63) is 70.1 Å². The second-order valence-electron chi connectivity index (χ2n) is 7.20. The Kier molecular flexibility index (Phi) is 6.27. The highest BCUT2D eigenvalue weighted by Crippen LogP contribution is 2.32. The zero-order chi connectivity index (χ0) is 23.5. The largest absolute Gasteiger partial charge is 0.497 e. The summed E-state index contributed by atoms with van der Waals surface area (Å²) in [6.45, 7) is -0.472. The van der Waals surface area contributed by atoms with Gasteiger partial charge < -0.3 is 10.1 Å². The van der Waals surface area contributed by atoms with Crippen LogP contribution in [0.2, 0.25) is 0 Å². The van der Waals surface area contributed by atoms with E-state index < -0.39 is 35.4 Å². The zero-order valence-corrected chi connectivity index (χ0v) is 18.4. The van der Waals surface area contributed by atoms with Crippen LogP contribution in [0.1, 0.15) is 26.3 Å². The Morgan fingerprint density at radius 1 is 0.939 bits per heavy atom. The van der Waals surface area contributed by atoms with Crippen molar-refractivity contribution in [1.82, 2.24) is 15.1 Å². The average molecular weight is 465 g/mol. The van der Waals surface area contributed by atoms with Gasteiger partial charge in [-0.15, -0.1) is 0 Å². The summed E-state index contributed by atoms with van der Waals surface area (Å²) < 4.78 is 5.10. The zero-order valence-electron chi connectivity index (χ0n) is 17.6. The van der Waals surface area contributed by atoms with Crippen molar-refractivity contribution in [2.24, 2.45) is 0 Å². The summed E-state index contributed by atoms with van der Waals surface area (Å²) >= 11 is 0.822. The molecule has 0 radical (unpaired) electrons. The Bertz CT molecular complexity index is 1160. The predicted molar refractivity (Wildman–Crippen MR) is 120 cm³/mol. The number of nitrogens with one attached hydrogen (secondary N) is 1. The molecule has 168 valence electrons. The van der Waals surface area contributed by atoms with E-state index >= 15 is 0 Å². The number of nitrogens with zero attached hydrogens (tertiary/aromatic N) is 2. The number of hydrogen-bond donors (Lipinski definition) is 1. The first kappa shape index (κ1) is 22.3. The SMILES string of the molecule is COc1ccc(/C=C2/SC(=O)N(CCNC(=O)CN3C(=O)c4ccccc4C3=O)C2=O)cc1. The minimum Gasteiger partial charge on any atom is -0.497 e. The maximum atomic E-state index is 12.6. The lowest BCUT2D eigenvalue weighted by Gasteiger charge is -2.15. The molecule has 2 aromatic carbocycles. The number of imide groups is 2. The van der Waals surface area contributed by atoms with Crippen molar-refractivity contribution >= 4 is 46.7 Å². The van der Waals surface area contributed by atoms with Gasteiger partial charge in [-0.05, 0) is 47.7 Å². The first-order valence-electron chi connectivity index (χ1n) is 10.0. The third-order valence-electron chi connectivity index (χ3n) is 5.12. The standard InChI is InChI=1S/C23H19N3O6S/c1-32-15-8-6-14(7-9-15)12-18-22(30)25(23(31)33-18)11-10-24-19(27)13-26-20(28)16-4-2-3-5-17(16)21(26)29/h2-9,12H,10-11,13H2,1H3,(H,24,27)/b18-12+. The second kappa shape index (κ2) is 9.29. The number of amides is 5. The van der Waals surface area contributed by atoms with Crippen molar-refractivity contribution in [1.29, 1.82) is 0 Å². The summed E-state index contributed by atoms with van der Waals surface area (Å²) in [4.78, 5) is 64.0. The van der Waals surface area contributed by atoms with E-state index in [-0.39, 0.29) is 29.1 Å². The van der Waals surface area contributed by atoms with Crippen molar-refractivity contribution in [3.8, 4) is 5.75 Å². The van der Waals surface area contributed by atoms with Crippen LogP contribution >= 0.6 is 11.8 Å². The van der Waals surface area contributed by atoms with Gasteiger partial charge in [-0.2, -0.15) is 0 Å². The lowest BCUT2D eigenvalue weighted by molar-refractivity contribution is -0.124. The van der Waals surface area contributed by atoms with Gasteiger partial charge in [0.2, 0.25) is 5.91 Å². The van der Waals surface area contributed by atoms with Crippen molar-refractivity contribution in [2.75, 3.05) is 26.7 Å². The molecule has 0 saturated carbocycles. The van der Waals surface area contributed by atoms with Crippen LogP contribution in [0, 0.1) is 0 Å². The number of carbonyl (C=O) groups excluding carboxylic acids is 5. The summed E-state index contributed by atoms with van der Waals surface area (Å²) in [5, 5.41) is 2.11. The molecule has 33 heavy (non-hydrogen) atoms. The maximum absolute atomic E-state index is 12.6. The minimum absolute atomic E-state index is 0.00411. The normalized spacial score (nSPS) is 16.6. The monoisotopic (exact) mass is 465 g/mol. The maximum Gasteiger partial charge on any atom is 0.293 e. The summed E-state index contributed by atoms with van der Waals surface area (Å²) in [5.74, 6) is -1.39. The lowest BCUT2D eigenvalue weighted by atomic mass is 10.1. The number of benzene rings is 2. The molecule has 0 aromatic heterocycles. The minimum atomic E-state index is -0.565. The van der Waals surface area contributed by atoms with E-state index in [1.54, 1.807) is 49.6 Å². The molecular weight excluding hydrogens is 446 g/mol. The second-order valence-corrected chi connectivity index (χ2v) is 8.19. The van der Waals surface area contributed by atoms with E-state index in [1.807, 2.05) is 0 Å². The van der Waals surface area contributed by atoms with Gasteiger partial charge >= 0.3 is 0 Å². The van der Waals surface area contributed by atoms with Crippen LogP contribution in [0.25, 0.3) is 6.08 Å². The molecule has 0 atom stereocenters. The van der Waals surface area contributed by atoms with E-state index in [2.05, 4.69) is 5.32 Å². The Balaban J connectivity index is 1.30. The Morgan fingerprint density at radius 2 is 1.58 bits per heavy atom. The van der Waals surface area contributed by atoms with Crippen LogP contribution in [0.5, 0.6) is 5.75 Å². The summed E-state index contributed by atoms with van der Waals surface area (Å²) in [7, 11) is 1.55. The highest BCUT2D eigenvalue weighted by Gasteiger charge is 2.37. The van der Waals surface area contributed by atoms with E-state index in [0.29, 0.717) is 5.75 Å². The number of hydrogen-bond acceptors (Lipinski definition) is 7. The van der Waals surface area contributed by atoms with Gasteiger partial charge in [0.15, 0.2) is 0 Å². The fourth-order valence-electron chi connectivity index (χ4n) is 3.43. The van der Waals surface area contributed by atoms with Crippen molar-refractivity contribution in [2.45, 2.75) is 0 Å². The molecule has 1 N–H and O–H groups in total. The molecule has 0 spiro atoms. The molecule has 9 nitrogen and oxygen atoms in total. The van der Waals surface area contributed by atoms with Crippen LogP contribution in [0.15, 0.2) is 53.4 Å². The molecule has 1 fully saturated rings. The van der Waals surface area contributed by atoms with Gasteiger partial charge in [-0.3, -0.25) is 33.8 Å². The summed E-state index contributed by atoms with van der Waals surface area (Å²) in [6.07, 6.45) is 1.62. The number of rotatable bonds is 7. The molecule has 2 aliphatic heterocycles. The van der Waals surface area contributed by atoms with Crippen molar-refractivity contribution in [3.63, 3.8) is 0 Å². The molecule has 0 unspecified atom stereocenters.